The Bertz CT molecular complexity index is 612. The van der Waals surface area contributed by atoms with Gasteiger partial charge in [-0.05, 0) is 54.8 Å². The van der Waals surface area contributed by atoms with Gasteiger partial charge in [-0.2, -0.15) is 0 Å². The van der Waals surface area contributed by atoms with E-state index in [0.29, 0.717) is 12.1 Å². The van der Waals surface area contributed by atoms with E-state index in [1.54, 1.807) is 0 Å². The lowest BCUT2D eigenvalue weighted by molar-refractivity contribution is 0.565. The number of halogens is 3. The van der Waals surface area contributed by atoms with Crippen molar-refractivity contribution in [3.05, 3.63) is 68.7 Å². The molecule has 1 N–H and O–H groups in total. The zero-order chi connectivity index (χ0) is 15.6. The van der Waals surface area contributed by atoms with Crippen LogP contribution in [0.15, 0.2) is 34.8 Å². The van der Waals surface area contributed by atoms with Crippen molar-refractivity contribution in [1.82, 2.24) is 5.32 Å². The molecular weight excluding hydrogens is 336 g/mol. The van der Waals surface area contributed by atoms with Crippen molar-refractivity contribution in [1.29, 1.82) is 0 Å². The minimum Gasteiger partial charge on any atom is -0.307 e. The van der Waals surface area contributed by atoms with E-state index in [1.807, 2.05) is 32.9 Å². The van der Waals surface area contributed by atoms with Gasteiger partial charge in [0.15, 0.2) is 0 Å². The fraction of sp³-hybridized carbons (Fsp3) is 0.294. The van der Waals surface area contributed by atoms with Gasteiger partial charge in [0.1, 0.15) is 11.6 Å². The predicted octanol–water partition coefficient (Wildman–Crippen LogP) is 5.04. The Morgan fingerprint density at radius 2 is 1.43 bits per heavy atom. The van der Waals surface area contributed by atoms with Gasteiger partial charge >= 0.3 is 0 Å². The normalized spacial score (nSPS) is 12.5. The highest BCUT2D eigenvalue weighted by Crippen LogP contribution is 2.29. The van der Waals surface area contributed by atoms with Crippen LogP contribution in [0, 0.1) is 25.5 Å². The maximum absolute atomic E-state index is 13.5. The van der Waals surface area contributed by atoms with Crippen molar-refractivity contribution in [2.24, 2.45) is 0 Å². The molecule has 0 fully saturated rings. The van der Waals surface area contributed by atoms with Gasteiger partial charge in [-0.1, -0.05) is 35.0 Å². The van der Waals surface area contributed by atoms with Crippen molar-refractivity contribution < 1.29 is 8.78 Å². The van der Waals surface area contributed by atoms with Crippen LogP contribution in [0.2, 0.25) is 0 Å². The molecule has 0 aliphatic heterocycles. The SMILES string of the molecule is CCNC(c1cc(F)cc(F)c1)c1cc(C)c(Br)c(C)c1. The van der Waals surface area contributed by atoms with E-state index in [2.05, 4.69) is 21.2 Å². The summed E-state index contributed by atoms with van der Waals surface area (Å²) in [6.07, 6.45) is 0. The maximum Gasteiger partial charge on any atom is 0.126 e. The van der Waals surface area contributed by atoms with Crippen LogP contribution >= 0.6 is 15.9 Å². The van der Waals surface area contributed by atoms with Crippen LogP contribution in [0.25, 0.3) is 0 Å². The van der Waals surface area contributed by atoms with Gasteiger partial charge in [0, 0.05) is 10.5 Å². The summed E-state index contributed by atoms with van der Waals surface area (Å²) in [5, 5.41) is 3.29. The lowest BCUT2D eigenvalue weighted by atomic mass is 9.95. The van der Waals surface area contributed by atoms with Crippen LogP contribution < -0.4 is 5.32 Å². The summed E-state index contributed by atoms with van der Waals surface area (Å²) in [7, 11) is 0. The standard InChI is InChI=1S/C17H18BrF2N/c1-4-21-17(13-7-14(19)9-15(20)8-13)12-5-10(2)16(18)11(3)6-12/h5-9,17,21H,4H2,1-3H3. The first-order valence-corrected chi connectivity index (χ1v) is 7.67. The Kier molecular flexibility index (Phi) is 5.12. The Labute approximate surface area is 132 Å². The van der Waals surface area contributed by atoms with Crippen molar-refractivity contribution in [3.63, 3.8) is 0 Å². The Hall–Kier alpha value is -1.26. The third-order valence-corrected chi connectivity index (χ3v) is 4.67. The number of benzene rings is 2. The first-order chi connectivity index (χ1) is 9.92. The molecule has 1 nitrogen and oxygen atoms in total. The molecule has 112 valence electrons. The second kappa shape index (κ2) is 6.67. The highest BCUT2D eigenvalue weighted by atomic mass is 79.9. The lowest BCUT2D eigenvalue weighted by Gasteiger charge is -2.21. The topological polar surface area (TPSA) is 12.0 Å². The van der Waals surface area contributed by atoms with Crippen LogP contribution in [0.3, 0.4) is 0 Å². The second-order valence-corrected chi connectivity index (χ2v) is 5.96. The van der Waals surface area contributed by atoms with Crippen molar-refractivity contribution in [2.45, 2.75) is 26.8 Å². The van der Waals surface area contributed by atoms with E-state index in [-0.39, 0.29) is 6.04 Å². The largest absolute Gasteiger partial charge is 0.307 e. The minimum absolute atomic E-state index is 0.231. The van der Waals surface area contributed by atoms with Crippen LogP contribution in [0.1, 0.15) is 35.2 Å². The van der Waals surface area contributed by atoms with E-state index in [4.69, 9.17) is 0 Å². The quantitative estimate of drug-likeness (QED) is 0.811. The average Bonchev–Trinajstić information content (AvgIpc) is 2.40. The van der Waals surface area contributed by atoms with Gasteiger partial charge in [0.2, 0.25) is 0 Å². The minimum atomic E-state index is -0.557. The molecule has 0 bridgehead atoms. The first kappa shape index (κ1) is 16.1. The molecule has 1 atom stereocenters. The molecule has 0 aliphatic carbocycles. The van der Waals surface area contributed by atoms with Gasteiger partial charge < -0.3 is 5.32 Å². The molecule has 0 radical (unpaired) electrons. The van der Waals surface area contributed by atoms with E-state index in [9.17, 15) is 8.78 Å². The summed E-state index contributed by atoms with van der Waals surface area (Å²) in [6, 6.07) is 7.49. The monoisotopic (exact) mass is 353 g/mol. The number of rotatable bonds is 4. The summed E-state index contributed by atoms with van der Waals surface area (Å²) < 4.78 is 28.0. The number of nitrogens with one attached hydrogen (secondary N) is 1. The van der Waals surface area contributed by atoms with E-state index in [0.717, 1.165) is 27.2 Å². The van der Waals surface area contributed by atoms with E-state index in [1.165, 1.54) is 12.1 Å². The van der Waals surface area contributed by atoms with E-state index >= 15 is 0 Å². The average molecular weight is 354 g/mol. The van der Waals surface area contributed by atoms with Gasteiger partial charge in [0.05, 0.1) is 6.04 Å². The third kappa shape index (κ3) is 3.69. The third-order valence-electron chi connectivity index (χ3n) is 3.42. The fourth-order valence-corrected chi connectivity index (χ4v) is 2.75. The second-order valence-electron chi connectivity index (χ2n) is 5.16. The summed E-state index contributed by atoms with van der Waals surface area (Å²) in [5.74, 6) is -1.11. The maximum atomic E-state index is 13.5. The Morgan fingerprint density at radius 3 is 1.90 bits per heavy atom. The number of hydrogen-bond acceptors (Lipinski definition) is 1. The van der Waals surface area contributed by atoms with Crippen LogP contribution in [-0.4, -0.2) is 6.54 Å². The number of hydrogen-bond donors (Lipinski definition) is 1. The van der Waals surface area contributed by atoms with Gasteiger partial charge in [-0.15, -0.1) is 0 Å². The summed E-state index contributed by atoms with van der Waals surface area (Å²) in [5.41, 5.74) is 3.80. The molecule has 2 rings (SSSR count). The van der Waals surface area contributed by atoms with Gasteiger partial charge in [-0.3, -0.25) is 0 Å². The van der Waals surface area contributed by atoms with Crippen molar-refractivity contribution >= 4 is 15.9 Å². The van der Waals surface area contributed by atoms with Crippen molar-refractivity contribution in [2.75, 3.05) is 6.54 Å². The smallest absolute Gasteiger partial charge is 0.126 e. The van der Waals surface area contributed by atoms with Crippen LogP contribution in [0.5, 0.6) is 0 Å². The zero-order valence-corrected chi connectivity index (χ0v) is 13.9. The molecule has 2 aromatic carbocycles. The molecule has 2 aromatic rings. The van der Waals surface area contributed by atoms with Gasteiger partial charge in [-0.25, -0.2) is 8.78 Å². The molecule has 0 saturated carbocycles. The Morgan fingerprint density at radius 1 is 0.952 bits per heavy atom. The Balaban J connectivity index is 2.53. The molecule has 0 spiro atoms. The van der Waals surface area contributed by atoms with Crippen molar-refractivity contribution in [3.8, 4) is 0 Å². The van der Waals surface area contributed by atoms with Gasteiger partial charge in [0.25, 0.3) is 0 Å². The molecule has 0 aliphatic rings. The van der Waals surface area contributed by atoms with E-state index < -0.39 is 11.6 Å². The highest BCUT2D eigenvalue weighted by molar-refractivity contribution is 9.10. The number of aryl methyl sites for hydroxylation is 2. The van der Waals surface area contributed by atoms with Crippen LogP contribution in [-0.2, 0) is 0 Å². The fourth-order valence-electron chi connectivity index (χ4n) is 2.52. The molecule has 0 aromatic heterocycles. The zero-order valence-electron chi connectivity index (χ0n) is 12.3. The molecule has 1 unspecified atom stereocenters. The summed E-state index contributed by atoms with van der Waals surface area (Å²) >= 11 is 3.54. The lowest BCUT2D eigenvalue weighted by Crippen LogP contribution is -2.22. The molecule has 0 amide bonds. The summed E-state index contributed by atoms with van der Waals surface area (Å²) in [6.45, 7) is 6.70. The first-order valence-electron chi connectivity index (χ1n) is 6.88. The molecule has 0 saturated heterocycles. The highest BCUT2D eigenvalue weighted by Gasteiger charge is 2.16. The molecule has 0 heterocycles. The summed E-state index contributed by atoms with van der Waals surface area (Å²) in [4.78, 5) is 0. The molecule has 4 heteroatoms. The van der Waals surface area contributed by atoms with Crippen LogP contribution in [0.4, 0.5) is 8.78 Å². The molecular formula is C17H18BrF2N. The molecule has 21 heavy (non-hydrogen) atoms. The predicted molar refractivity (Wildman–Crippen MR) is 85.5 cm³/mol.